The van der Waals surface area contributed by atoms with Gasteiger partial charge in [-0.15, -0.1) is 0 Å². The SMILES string of the molecule is C#CN(C(=O)C(NC(=O)OC(C)(C)C)C(C)CC)C(C(=O)Nc1ccc(OC)cc1)c1ccc(C)cc1C. The standard InChI is InChI=1S/C30H39N3O5/c1-10-20(4)25(32-29(36)38-30(6,7)8)28(35)33(11-2)26(24-17-12-19(3)18-21(24)5)27(34)31-22-13-15-23(37-9)16-14-22/h2,12-18,20,25-26H,10H2,1,3-9H3,(H,31,34)(H,32,36). The van der Waals surface area contributed by atoms with Gasteiger partial charge in [-0.05, 0) is 75.9 Å². The van der Waals surface area contributed by atoms with Gasteiger partial charge in [0.05, 0.1) is 7.11 Å². The van der Waals surface area contributed by atoms with Crippen LogP contribution in [0.25, 0.3) is 0 Å². The van der Waals surface area contributed by atoms with Crippen molar-refractivity contribution in [3.8, 4) is 18.2 Å². The van der Waals surface area contributed by atoms with Gasteiger partial charge in [-0.1, -0.05) is 50.5 Å². The van der Waals surface area contributed by atoms with Gasteiger partial charge in [-0.3, -0.25) is 14.5 Å². The highest BCUT2D eigenvalue weighted by Gasteiger charge is 2.38. The zero-order chi connectivity index (χ0) is 28.6. The molecule has 0 bridgehead atoms. The number of aryl methyl sites for hydroxylation is 2. The molecule has 0 aliphatic heterocycles. The van der Waals surface area contributed by atoms with Gasteiger partial charge in [0, 0.05) is 11.7 Å². The van der Waals surface area contributed by atoms with E-state index in [1.165, 1.54) is 0 Å². The van der Waals surface area contributed by atoms with E-state index < -0.39 is 35.6 Å². The Hall–Kier alpha value is -3.99. The lowest BCUT2D eigenvalue weighted by atomic mass is 9.94. The largest absolute Gasteiger partial charge is 0.497 e. The van der Waals surface area contributed by atoms with Crippen LogP contribution in [0.15, 0.2) is 42.5 Å². The second kappa shape index (κ2) is 13.0. The molecule has 2 rings (SSSR count). The molecular formula is C30H39N3O5. The first-order valence-electron chi connectivity index (χ1n) is 12.6. The molecule has 0 fully saturated rings. The van der Waals surface area contributed by atoms with Crippen molar-refractivity contribution in [2.24, 2.45) is 5.92 Å². The van der Waals surface area contributed by atoms with Gasteiger partial charge in [-0.25, -0.2) is 4.79 Å². The molecule has 0 saturated carbocycles. The minimum Gasteiger partial charge on any atom is -0.497 e. The van der Waals surface area contributed by atoms with E-state index in [-0.39, 0.29) is 5.92 Å². The van der Waals surface area contributed by atoms with Crippen molar-refractivity contribution in [2.75, 3.05) is 12.4 Å². The van der Waals surface area contributed by atoms with E-state index in [0.717, 1.165) is 16.0 Å². The van der Waals surface area contributed by atoms with Gasteiger partial charge in [0.25, 0.3) is 11.8 Å². The van der Waals surface area contributed by atoms with Crippen LogP contribution in [0.2, 0.25) is 0 Å². The van der Waals surface area contributed by atoms with E-state index in [9.17, 15) is 14.4 Å². The number of ether oxygens (including phenoxy) is 2. The molecule has 0 heterocycles. The Morgan fingerprint density at radius 2 is 1.71 bits per heavy atom. The number of rotatable bonds is 9. The molecule has 0 spiro atoms. The lowest BCUT2D eigenvalue weighted by Gasteiger charge is -2.33. The Morgan fingerprint density at radius 1 is 1.08 bits per heavy atom. The Morgan fingerprint density at radius 3 is 2.21 bits per heavy atom. The van der Waals surface area contributed by atoms with Crippen molar-refractivity contribution in [3.63, 3.8) is 0 Å². The van der Waals surface area contributed by atoms with Gasteiger partial charge in [0.15, 0.2) is 0 Å². The number of anilines is 1. The highest BCUT2D eigenvalue weighted by molar-refractivity contribution is 6.00. The molecule has 204 valence electrons. The fourth-order valence-electron chi connectivity index (χ4n) is 3.95. The zero-order valence-corrected chi connectivity index (χ0v) is 23.5. The van der Waals surface area contributed by atoms with Crippen LogP contribution in [0.5, 0.6) is 5.75 Å². The summed E-state index contributed by atoms with van der Waals surface area (Å²) in [5.74, 6) is -0.717. The van der Waals surface area contributed by atoms with E-state index in [2.05, 4.69) is 16.7 Å². The lowest BCUT2D eigenvalue weighted by Crippen LogP contribution is -2.53. The average molecular weight is 522 g/mol. The van der Waals surface area contributed by atoms with Crippen molar-refractivity contribution >= 4 is 23.6 Å². The maximum absolute atomic E-state index is 13.9. The highest BCUT2D eigenvalue weighted by atomic mass is 16.6. The number of terminal acetylenes is 1. The number of nitrogens with one attached hydrogen (secondary N) is 2. The van der Waals surface area contributed by atoms with Crippen molar-refractivity contribution in [3.05, 3.63) is 59.2 Å². The third-order valence-corrected chi connectivity index (χ3v) is 6.11. The van der Waals surface area contributed by atoms with Gasteiger partial charge in [0.1, 0.15) is 23.4 Å². The van der Waals surface area contributed by atoms with Crippen LogP contribution in [-0.2, 0) is 14.3 Å². The molecule has 0 aliphatic rings. The highest BCUT2D eigenvalue weighted by Crippen LogP contribution is 2.28. The fourth-order valence-corrected chi connectivity index (χ4v) is 3.95. The number of carbonyl (C=O) groups is 3. The fraction of sp³-hybridized carbons (Fsp3) is 0.433. The van der Waals surface area contributed by atoms with Gasteiger partial charge in [-0.2, -0.15) is 0 Å². The Balaban J connectivity index is 2.51. The predicted molar refractivity (Wildman–Crippen MR) is 149 cm³/mol. The normalized spacial score (nSPS) is 13.3. The van der Waals surface area contributed by atoms with Gasteiger partial charge in [0.2, 0.25) is 0 Å². The number of methoxy groups -OCH3 is 1. The molecule has 2 N–H and O–H groups in total. The van der Waals surface area contributed by atoms with Gasteiger partial charge >= 0.3 is 6.09 Å². The van der Waals surface area contributed by atoms with Crippen LogP contribution in [0.1, 0.15) is 63.8 Å². The molecule has 2 aromatic rings. The van der Waals surface area contributed by atoms with Gasteiger partial charge < -0.3 is 20.1 Å². The Bertz CT molecular complexity index is 1180. The molecule has 2 aromatic carbocycles. The van der Waals surface area contributed by atoms with Crippen LogP contribution < -0.4 is 15.4 Å². The summed E-state index contributed by atoms with van der Waals surface area (Å²) in [7, 11) is 1.55. The van der Waals surface area contributed by atoms with Crippen LogP contribution in [0.4, 0.5) is 10.5 Å². The van der Waals surface area contributed by atoms with E-state index in [0.29, 0.717) is 23.4 Å². The van der Waals surface area contributed by atoms with E-state index >= 15 is 0 Å². The summed E-state index contributed by atoms with van der Waals surface area (Å²) in [6.45, 7) is 12.7. The van der Waals surface area contributed by atoms with E-state index in [1.54, 1.807) is 58.2 Å². The second-order valence-electron chi connectivity index (χ2n) is 10.3. The Labute approximate surface area is 226 Å². The van der Waals surface area contributed by atoms with Crippen LogP contribution >= 0.6 is 0 Å². The number of alkyl carbamates (subject to hydrolysis) is 1. The summed E-state index contributed by atoms with van der Waals surface area (Å²) < 4.78 is 10.6. The number of hydrogen-bond donors (Lipinski definition) is 2. The molecule has 3 atom stereocenters. The van der Waals surface area contributed by atoms with Crippen molar-refractivity contribution in [1.82, 2.24) is 10.2 Å². The quantitative estimate of drug-likeness (QED) is 0.343. The first-order chi connectivity index (χ1) is 17.8. The van der Waals surface area contributed by atoms with Crippen molar-refractivity contribution < 1.29 is 23.9 Å². The minimum atomic E-state index is -1.15. The van der Waals surface area contributed by atoms with E-state index in [4.69, 9.17) is 15.9 Å². The number of carbonyl (C=O) groups excluding carboxylic acids is 3. The van der Waals surface area contributed by atoms with Crippen molar-refractivity contribution in [1.29, 1.82) is 0 Å². The third-order valence-electron chi connectivity index (χ3n) is 6.11. The average Bonchev–Trinajstić information content (AvgIpc) is 2.85. The maximum atomic E-state index is 13.9. The molecule has 8 nitrogen and oxygen atoms in total. The lowest BCUT2D eigenvalue weighted by molar-refractivity contribution is -0.137. The predicted octanol–water partition coefficient (Wildman–Crippen LogP) is 5.35. The molecule has 0 radical (unpaired) electrons. The molecule has 0 aromatic heterocycles. The van der Waals surface area contributed by atoms with Crippen LogP contribution in [0, 0.1) is 32.2 Å². The molecule has 0 aliphatic carbocycles. The molecule has 3 unspecified atom stereocenters. The Kier molecular flexibility index (Phi) is 10.3. The zero-order valence-electron chi connectivity index (χ0n) is 23.5. The van der Waals surface area contributed by atoms with Crippen molar-refractivity contribution in [2.45, 2.75) is 72.6 Å². The maximum Gasteiger partial charge on any atom is 0.408 e. The number of nitrogens with zero attached hydrogens (tertiary/aromatic N) is 1. The van der Waals surface area contributed by atoms with Crippen LogP contribution in [0.3, 0.4) is 0 Å². The third kappa shape index (κ3) is 8.01. The summed E-state index contributed by atoms with van der Waals surface area (Å²) in [5.41, 5.74) is 2.14. The number of amides is 3. The summed E-state index contributed by atoms with van der Waals surface area (Å²) in [6, 6.07) is 12.7. The molecular weight excluding hydrogens is 482 g/mol. The summed E-state index contributed by atoms with van der Waals surface area (Å²) in [6.07, 6.45) is 5.73. The summed E-state index contributed by atoms with van der Waals surface area (Å²) >= 11 is 0. The summed E-state index contributed by atoms with van der Waals surface area (Å²) in [4.78, 5) is 41.3. The topological polar surface area (TPSA) is 97.0 Å². The van der Waals surface area contributed by atoms with Crippen LogP contribution in [-0.4, -0.2) is 41.6 Å². The molecule has 8 heteroatoms. The second-order valence-corrected chi connectivity index (χ2v) is 10.3. The minimum absolute atomic E-state index is 0.282. The summed E-state index contributed by atoms with van der Waals surface area (Å²) in [5, 5.41) is 5.54. The first-order valence-corrected chi connectivity index (χ1v) is 12.6. The number of benzene rings is 2. The molecule has 3 amide bonds. The molecule has 38 heavy (non-hydrogen) atoms. The van der Waals surface area contributed by atoms with E-state index in [1.807, 2.05) is 39.8 Å². The molecule has 0 saturated heterocycles. The first kappa shape index (κ1) is 30.2. The number of hydrogen-bond acceptors (Lipinski definition) is 5. The smallest absolute Gasteiger partial charge is 0.408 e. The monoisotopic (exact) mass is 521 g/mol.